The van der Waals surface area contributed by atoms with Crippen molar-refractivity contribution in [3.05, 3.63) is 24.3 Å². The number of para-hydroxylation sites is 2. The lowest BCUT2D eigenvalue weighted by Crippen LogP contribution is -2.04. The molecule has 0 amide bonds. The highest BCUT2D eigenvalue weighted by atomic mass is 15.1. The molecule has 0 fully saturated rings. The summed E-state index contributed by atoms with van der Waals surface area (Å²) in [5, 5.41) is 3.32. The van der Waals surface area contributed by atoms with Gasteiger partial charge in [-0.05, 0) is 30.9 Å². The Balaban J connectivity index is 1.89. The Morgan fingerprint density at radius 3 is 2.88 bits per heavy atom. The number of rotatable bonds is 5. The van der Waals surface area contributed by atoms with E-state index >= 15 is 0 Å². The van der Waals surface area contributed by atoms with Crippen molar-refractivity contribution < 1.29 is 0 Å². The first-order chi connectivity index (χ1) is 7.75. The molecule has 2 aromatic rings. The van der Waals surface area contributed by atoms with Crippen LogP contribution in [0.5, 0.6) is 0 Å². The van der Waals surface area contributed by atoms with Gasteiger partial charge in [-0.15, -0.1) is 0 Å². The predicted molar refractivity (Wildman–Crippen MR) is 68.7 cm³/mol. The summed E-state index contributed by atoms with van der Waals surface area (Å²) < 4.78 is 0. The van der Waals surface area contributed by atoms with E-state index in [1.807, 2.05) is 24.3 Å². The van der Waals surface area contributed by atoms with Gasteiger partial charge in [0.15, 0.2) is 0 Å². The number of hydrogen-bond donors (Lipinski definition) is 2. The van der Waals surface area contributed by atoms with Gasteiger partial charge in [0.2, 0.25) is 5.95 Å². The molecule has 0 unspecified atom stereocenters. The first-order valence-corrected chi connectivity index (χ1v) is 5.94. The molecule has 0 spiro atoms. The number of benzene rings is 1. The fourth-order valence-electron chi connectivity index (χ4n) is 1.75. The summed E-state index contributed by atoms with van der Waals surface area (Å²) in [4.78, 5) is 7.72. The first-order valence-electron chi connectivity index (χ1n) is 5.94. The fourth-order valence-corrected chi connectivity index (χ4v) is 1.75. The van der Waals surface area contributed by atoms with E-state index < -0.39 is 0 Å². The summed E-state index contributed by atoms with van der Waals surface area (Å²) in [5.74, 6) is 1.66. The standard InChI is InChI=1S/C13H19N3/c1-10(2)6-5-9-14-13-15-11-7-3-4-8-12(11)16-13/h3-4,7-8,10H,5-6,9H2,1-2H3,(H2,14,15,16). The summed E-state index contributed by atoms with van der Waals surface area (Å²) in [6.07, 6.45) is 2.45. The molecule has 0 atom stereocenters. The maximum Gasteiger partial charge on any atom is 0.201 e. The van der Waals surface area contributed by atoms with Crippen LogP contribution in [-0.4, -0.2) is 16.5 Å². The predicted octanol–water partition coefficient (Wildman–Crippen LogP) is 3.41. The minimum Gasteiger partial charge on any atom is -0.356 e. The molecular weight excluding hydrogens is 198 g/mol. The zero-order chi connectivity index (χ0) is 11.4. The van der Waals surface area contributed by atoms with Crippen LogP contribution in [0.1, 0.15) is 26.7 Å². The number of hydrogen-bond acceptors (Lipinski definition) is 2. The summed E-state index contributed by atoms with van der Waals surface area (Å²) in [6.45, 7) is 5.49. The lowest BCUT2D eigenvalue weighted by atomic mass is 10.1. The number of H-pyrrole nitrogens is 1. The Morgan fingerprint density at radius 2 is 2.12 bits per heavy atom. The molecule has 0 aliphatic carbocycles. The van der Waals surface area contributed by atoms with E-state index in [4.69, 9.17) is 0 Å². The fraction of sp³-hybridized carbons (Fsp3) is 0.462. The molecule has 2 rings (SSSR count). The molecule has 1 aromatic heterocycles. The lowest BCUT2D eigenvalue weighted by Gasteiger charge is -2.04. The van der Waals surface area contributed by atoms with E-state index in [-0.39, 0.29) is 0 Å². The van der Waals surface area contributed by atoms with Crippen LogP contribution in [0.3, 0.4) is 0 Å². The molecule has 3 heteroatoms. The van der Waals surface area contributed by atoms with E-state index in [2.05, 4.69) is 29.1 Å². The molecule has 2 N–H and O–H groups in total. The molecule has 1 aromatic carbocycles. The maximum atomic E-state index is 4.46. The Morgan fingerprint density at radius 1 is 1.31 bits per heavy atom. The minimum atomic E-state index is 0.775. The van der Waals surface area contributed by atoms with Gasteiger partial charge < -0.3 is 10.3 Å². The van der Waals surface area contributed by atoms with Crippen molar-refractivity contribution in [1.82, 2.24) is 9.97 Å². The van der Waals surface area contributed by atoms with E-state index in [1.54, 1.807) is 0 Å². The molecule has 3 nitrogen and oxygen atoms in total. The second-order valence-corrected chi connectivity index (χ2v) is 4.57. The second-order valence-electron chi connectivity index (χ2n) is 4.57. The highest BCUT2D eigenvalue weighted by Crippen LogP contribution is 2.13. The molecule has 0 aliphatic heterocycles. The van der Waals surface area contributed by atoms with Crippen LogP contribution in [0, 0.1) is 5.92 Å². The molecule has 0 saturated carbocycles. The van der Waals surface area contributed by atoms with Crippen molar-refractivity contribution >= 4 is 17.0 Å². The Kier molecular flexibility index (Phi) is 3.44. The number of aromatic amines is 1. The largest absolute Gasteiger partial charge is 0.356 e. The van der Waals surface area contributed by atoms with Crippen molar-refractivity contribution in [2.24, 2.45) is 5.92 Å². The molecule has 1 heterocycles. The van der Waals surface area contributed by atoms with Gasteiger partial charge in [0.1, 0.15) is 0 Å². The van der Waals surface area contributed by atoms with Gasteiger partial charge in [-0.2, -0.15) is 0 Å². The van der Waals surface area contributed by atoms with Gasteiger partial charge in [-0.25, -0.2) is 4.98 Å². The van der Waals surface area contributed by atoms with Gasteiger partial charge in [0, 0.05) is 6.54 Å². The molecule has 86 valence electrons. The number of anilines is 1. The van der Waals surface area contributed by atoms with Crippen LogP contribution in [-0.2, 0) is 0 Å². The number of nitrogens with zero attached hydrogens (tertiary/aromatic N) is 1. The molecular formula is C13H19N3. The topological polar surface area (TPSA) is 40.7 Å². The van der Waals surface area contributed by atoms with Crippen LogP contribution in [0.2, 0.25) is 0 Å². The van der Waals surface area contributed by atoms with Crippen molar-refractivity contribution in [2.45, 2.75) is 26.7 Å². The number of fused-ring (bicyclic) bond motifs is 1. The average molecular weight is 217 g/mol. The van der Waals surface area contributed by atoms with Crippen molar-refractivity contribution in [1.29, 1.82) is 0 Å². The third kappa shape index (κ3) is 2.75. The SMILES string of the molecule is CC(C)CCCNc1nc2ccccc2[nH]1. The lowest BCUT2D eigenvalue weighted by molar-refractivity contribution is 0.566. The van der Waals surface area contributed by atoms with E-state index in [0.29, 0.717) is 0 Å². The smallest absolute Gasteiger partial charge is 0.201 e. The molecule has 0 saturated heterocycles. The zero-order valence-corrected chi connectivity index (χ0v) is 9.96. The van der Waals surface area contributed by atoms with Crippen LogP contribution in [0.15, 0.2) is 24.3 Å². The van der Waals surface area contributed by atoms with E-state index in [0.717, 1.165) is 29.4 Å². The van der Waals surface area contributed by atoms with Gasteiger partial charge in [0.05, 0.1) is 11.0 Å². The van der Waals surface area contributed by atoms with Crippen LogP contribution >= 0.6 is 0 Å². The zero-order valence-electron chi connectivity index (χ0n) is 9.96. The number of aromatic nitrogens is 2. The Bertz CT molecular complexity index is 412. The number of imidazole rings is 1. The summed E-state index contributed by atoms with van der Waals surface area (Å²) in [5.41, 5.74) is 2.11. The van der Waals surface area contributed by atoms with Crippen LogP contribution in [0.4, 0.5) is 5.95 Å². The Labute approximate surface area is 96.3 Å². The Hall–Kier alpha value is -1.51. The van der Waals surface area contributed by atoms with Crippen molar-refractivity contribution in [3.63, 3.8) is 0 Å². The van der Waals surface area contributed by atoms with Gasteiger partial charge >= 0.3 is 0 Å². The minimum absolute atomic E-state index is 0.775. The molecule has 0 bridgehead atoms. The highest BCUT2D eigenvalue weighted by Gasteiger charge is 2.00. The van der Waals surface area contributed by atoms with Crippen molar-refractivity contribution in [3.8, 4) is 0 Å². The second kappa shape index (κ2) is 5.01. The third-order valence-corrected chi connectivity index (χ3v) is 2.64. The monoisotopic (exact) mass is 217 g/mol. The van der Waals surface area contributed by atoms with Gasteiger partial charge in [0.25, 0.3) is 0 Å². The highest BCUT2D eigenvalue weighted by molar-refractivity contribution is 5.77. The van der Waals surface area contributed by atoms with E-state index in [9.17, 15) is 0 Å². The van der Waals surface area contributed by atoms with Gasteiger partial charge in [-0.1, -0.05) is 26.0 Å². The maximum absolute atomic E-state index is 4.46. The normalized spacial score (nSPS) is 11.2. The molecule has 0 radical (unpaired) electrons. The van der Waals surface area contributed by atoms with Crippen molar-refractivity contribution in [2.75, 3.05) is 11.9 Å². The van der Waals surface area contributed by atoms with Gasteiger partial charge in [-0.3, -0.25) is 0 Å². The first kappa shape index (κ1) is 11.0. The third-order valence-electron chi connectivity index (χ3n) is 2.64. The summed E-state index contributed by atoms with van der Waals surface area (Å²) >= 11 is 0. The summed E-state index contributed by atoms with van der Waals surface area (Å²) in [6, 6.07) is 8.08. The van der Waals surface area contributed by atoms with E-state index in [1.165, 1.54) is 12.8 Å². The summed E-state index contributed by atoms with van der Waals surface area (Å²) in [7, 11) is 0. The van der Waals surface area contributed by atoms with Crippen LogP contribution in [0.25, 0.3) is 11.0 Å². The van der Waals surface area contributed by atoms with Crippen LogP contribution < -0.4 is 5.32 Å². The molecule has 0 aliphatic rings. The average Bonchev–Trinajstić information content (AvgIpc) is 2.66. The number of nitrogens with one attached hydrogen (secondary N) is 2. The molecule has 16 heavy (non-hydrogen) atoms. The quantitative estimate of drug-likeness (QED) is 0.753.